The van der Waals surface area contributed by atoms with Gasteiger partial charge >= 0.3 is 0 Å². The molecule has 0 unspecified atom stereocenters. The number of pyridine rings is 1. The fourth-order valence-corrected chi connectivity index (χ4v) is 1.91. The molecular weight excluding hydrogens is 260 g/mol. The molecule has 0 atom stereocenters. The lowest BCUT2D eigenvalue weighted by atomic mass is 10.3. The molecule has 2 N–H and O–H groups in total. The van der Waals surface area contributed by atoms with Gasteiger partial charge < -0.3 is 5.73 Å². The summed E-state index contributed by atoms with van der Waals surface area (Å²) in [5, 5.41) is 0.744. The molecule has 1 aromatic heterocycles. The second-order valence-corrected chi connectivity index (χ2v) is 3.25. The number of nitrogens with two attached hydrogens (primary N) is 1. The standard InChI is InChI=1S/C6H6Br2N2/c7-2-6-5(8)1-4(9)3-10-6/h1,3H,2,9H2. The lowest BCUT2D eigenvalue weighted by Crippen LogP contribution is -1.90. The van der Waals surface area contributed by atoms with Gasteiger partial charge in [-0.25, -0.2) is 0 Å². The van der Waals surface area contributed by atoms with Gasteiger partial charge in [-0.05, 0) is 22.0 Å². The van der Waals surface area contributed by atoms with Crippen LogP contribution >= 0.6 is 31.9 Å². The third kappa shape index (κ3) is 1.70. The van der Waals surface area contributed by atoms with Crippen molar-refractivity contribution >= 4 is 37.5 Å². The van der Waals surface area contributed by atoms with Crippen LogP contribution in [0.5, 0.6) is 0 Å². The zero-order valence-electron chi connectivity index (χ0n) is 5.14. The fraction of sp³-hybridized carbons (Fsp3) is 0.167. The summed E-state index contributed by atoms with van der Waals surface area (Å²) in [5.41, 5.74) is 7.12. The van der Waals surface area contributed by atoms with Crippen LogP contribution in [0, 0.1) is 0 Å². The maximum atomic E-state index is 5.47. The van der Waals surface area contributed by atoms with E-state index in [4.69, 9.17) is 5.73 Å². The summed E-state index contributed by atoms with van der Waals surface area (Å²) in [5.74, 6) is 0. The number of alkyl halides is 1. The number of hydrogen-bond donors (Lipinski definition) is 1. The van der Waals surface area contributed by atoms with E-state index in [1.54, 1.807) is 6.20 Å². The molecule has 0 bridgehead atoms. The summed E-state index contributed by atoms with van der Waals surface area (Å²) >= 11 is 6.63. The fourth-order valence-electron chi connectivity index (χ4n) is 0.579. The van der Waals surface area contributed by atoms with E-state index in [0.717, 1.165) is 15.5 Å². The maximum absolute atomic E-state index is 5.47. The van der Waals surface area contributed by atoms with E-state index in [1.165, 1.54) is 0 Å². The topological polar surface area (TPSA) is 38.9 Å². The summed E-state index contributed by atoms with van der Waals surface area (Å²) < 4.78 is 0.948. The molecule has 0 aliphatic rings. The highest BCUT2D eigenvalue weighted by atomic mass is 79.9. The summed E-state index contributed by atoms with van der Waals surface area (Å²) in [7, 11) is 0. The molecule has 0 amide bonds. The zero-order chi connectivity index (χ0) is 7.56. The van der Waals surface area contributed by atoms with Crippen LogP contribution in [0.1, 0.15) is 5.69 Å². The molecule has 1 aromatic rings. The largest absolute Gasteiger partial charge is 0.397 e. The van der Waals surface area contributed by atoms with Gasteiger partial charge in [-0.2, -0.15) is 0 Å². The SMILES string of the molecule is Nc1cnc(CBr)c(Br)c1. The number of anilines is 1. The summed E-state index contributed by atoms with van der Waals surface area (Å²) in [6.45, 7) is 0. The first kappa shape index (κ1) is 8.01. The van der Waals surface area contributed by atoms with Crippen molar-refractivity contribution in [3.05, 3.63) is 22.4 Å². The Morgan fingerprint density at radius 1 is 1.60 bits per heavy atom. The predicted molar refractivity (Wildman–Crippen MR) is 49.0 cm³/mol. The molecular formula is C6H6Br2N2. The van der Waals surface area contributed by atoms with E-state index in [1.807, 2.05) is 6.07 Å². The first-order valence-corrected chi connectivity index (χ1v) is 4.61. The van der Waals surface area contributed by atoms with Crippen molar-refractivity contribution in [3.8, 4) is 0 Å². The average molecular weight is 266 g/mol. The third-order valence-electron chi connectivity index (χ3n) is 1.07. The minimum absolute atomic E-state index is 0.677. The van der Waals surface area contributed by atoms with Gasteiger partial charge in [-0.15, -0.1) is 0 Å². The highest BCUT2D eigenvalue weighted by Crippen LogP contribution is 2.18. The van der Waals surface area contributed by atoms with Crippen LogP contribution in [0.2, 0.25) is 0 Å². The monoisotopic (exact) mass is 264 g/mol. The Labute approximate surface area is 76.1 Å². The number of halogens is 2. The van der Waals surface area contributed by atoms with Gasteiger partial charge in [0.1, 0.15) is 0 Å². The second kappa shape index (κ2) is 3.34. The van der Waals surface area contributed by atoms with Crippen LogP contribution in [-0.2, 0) is 5.33 Å². The summed E-state index contributed by atoms with van der Waals surface area (Å²) in [6.07, 6.45) is 1.64. The molecule has 4 heteroatoms. The molecule has 0 saturated carbocycles. The first-order chi connectivity index (χ1) is 4.74. The zero-order valence-corrected chi connectivity index (χ0v) is 8.31. The molecule has 0 saturated heterocycles. The molecule has 1 rings (SSSR count). The Bertz CT molecular complexity index is 237. The highest BCUT2D eigenvalue weighted by Gasteiger charge is 1.98. The van der Waals surface area contributed by atoms with Crippen LogP contribution in [0.3, 0.4) is 0 Å². The lowest BCUT2D eigenvalue weighted by molar-refractivity contribution is 1.17. The van der Waals surface area contributed by atoms with Gasteiger partial charge in [0.25, 0.3) is 0 Å². The Morgan fingerprint density at radius 2 is 2.30 bits per heavy atom. The molecule has 0 radical (unpaired) electrons. The van der Waals surface area contributed by atoms with E-state index in [-0.39, 0.29) is 0 Å². The van der Waals surface area contributed by atoms with Gasteiger partial charge in [0.2, 0.25) is 0 Å². The van der Waals surface area contributed by atoms with Gasteiger partial charge in [-0.1, -0.05) is 15.9 Å². The molecule has 54 valence electrons. The molecule has 0 fully saturated rings. The van der Waals surface area contributed by atoms with E-state index in [9.17, 15) is 0 Å². The van der Waals surface area contributed by atoms with Crippen molar-refractivity contribution in [3.63, 3.8) is 0 Å². The van der Waals surface area contributed by atoms with E-state index in [2.05, 4.69) is 36.8 Å². The van der Waals surface area contributed by atoms with Crippen molar-refractivity contribution < 1.29 is 0 Å². The number of rotatable bonds is 1. The molecule has 0 aliphatic heterocycles. The quantitative estimate of drug-likeness (QED) is 0.792. The average Bonchev–Trinajstić information content (AvgIpc) is 1.88. The maximum Gasteiger partial charge on any atom is 0.0652 e. The van der Waals surface area contributed by atoms with Gasteiger partial charge in [0.05, 0.1) is 17.6 Å². The minimum atomic E-state index is 0.677. The third-order valence-corrected chi connectivity index (χ3v) is 2.28. The first-order valence-electron chi connectivity index (χ1n) is 2.70. The van der Waals surface area contributed by atoms with Gasteiger partial charge in [0.15, 0.2) is 0 Å². The van der Waals surface area contributed by atoms with Gasteiger partial charge in [-0.3, -0.25) is 4.98 Å². The van der Waals surface area contributed by atoms with Crippen LogP contribution in [0.25, 0.3) is 0 Å². The smallest absolute Gasteiger partial charge is 0.0652 e. The molecule has 10 heavy (non-hydrogen) atoms. The van der Waals surface area contributed by atoms with Crippen LogP contribution in [-0.4, -0.2) is 4.98 Å². The molecule has 1 heterocycles. The number of nitrogen functional groups attached to an aromatic ring is 1. The number of hydrogen-bond acceptors (Lipinski definition) is 2. The minimum Gasteiger partial charge on any atom is -0.397 e. The van der Waals surface area contributed by atoms with E-state index < -0.39 is 0 Å². The van der Waals surface area contributed by atoms with Crippen molar-refractivity contribution in [1.29, 1.82) is 0 Å². The molecule has 2 nitrogen and oxygen atoms in total. The lowest BCUT2D eigenvalue weighted by Gasteiger charge is -1.98. The Kier molecular flexibility index (Phi) is 2.68. The number of nitrogens with zero attached hydrogens (tertiary/aromatic N) is 1. The van der Waals surface area contributed by atoms with Crippen LogP contribution < -0.4 is 5.73 Å². The molecule has 0 aliphatic carbocycles. The van der Waals surface area contributed by atoms with Crippen molar-refractivity contribution in [2.45, 2.75) is 5.33 Å². The second-order valence-electron chi connectivity index (χ2n) is 1.83. The van der Waals surface area contributed by atoms with E-state index in [0.29, 0.717) is 5.69 Å². The van der Waals surface area contributed by atoms with Gasteiger partial charge in [0, 0.05) is 9.80 Å². The molecule has 0 spiro atoms. The Balaban J connectivity index is 3.07. The van der Waals surface area contributed by atoms with Crippen molar-refractivity contribution in [2.75, 3.05) is 5.73 Å². The van der Waals surface area contributed by atoms with Crippen molar-refractivity contribution in [1.82, 2.24) is 4.98 Å². The number of aromatic nitrogens is 1. The van der Waals surface area contributed by atoms with Crippen molar-refractivity contribution in [2.24, 2.45) is 0 Å². The predicted octanol–water partition coefficient (Wildman–Crippen LogP) is 2.32. The van der Waals surface area contributed by atoms with Crippen LogP contribution in [0.15, 0.2) is 16.7 Å². The van der Waals surface area contributed by atoms with Crippen LogP contribution in [0.4, 0.5) is 5.69 Å². The Hall–Kier alpha value is -0.0900. The molecule has 0 aromatic carbocycles. The summed E-state index contributed by atoms with van der Waals surface area (Å²) in [6, 6.07) is 1.84. The highest BCUT2D eigenvalue weighted by molar-refractivity contribution is 9.10. The normalized spacial score (nSPS) is 9.80. The van der Waals surface area contributed by atoms with E-state index >= 15 is 0 Å². The Morgan fingerprint density at radius 3 is 2.80 bits per heavy atom. The summed E-state index contributed by atoms with van der Waals surface area (Å²) in [4.78, 5) is 4.08.